The normalized spacial score (nSPS) is 16.1. The number of quaternary nitrogens is 1. The van der Waals surface area contributed by atoms with Gasteiger partial charge in [0.15, 0.2) is 0 Å². The lowest BCUT2D eigenvalue weighted by Gasteiger charge is -2.31. The molecule has 2 atom stereocenters. The molecule has 0 aliphatic heterocycles. The number of nitrogens with zero attached hydrogens (tertiary/aromatic N) is 1. The summed E-state index contributed by atoms with van der Waals surface area (Å²) in [7, 11) is 0.798. The molecule has 10 heteroatoms. The molecule has 0 aromatic heterocycles. The van der Waals surface area contributed by atoms with E-state index in [1.807, 2.05) is 21.1 Å². The Morgan fingerprint density at radius 2 is 1.89 bits per heavy atom. The molecule has 114 valence electrons. The third-order valence-electron chi connectivity index (χ3n) is 1.60. The van der Waals surface area contributed by atoms with Gasteiger partial charge in [0, 0.05) is 0 Å². The van der Waals surface area contributed by atoms with Crippen LogP contribution in [0.3, 0.4) is 0 Å². The second-order valence-electron chi connectivity index (χ2n) is 4.49. The highest BCUT2D eigenvalue weighted by molar-refractivity contribution is 7.44. The van der Waals surface area contributed by atoms with Crippen LogP contribution in [0.15, 0.2) is 0 Å². The van der Waals surface area contributed by atoms with Crippen LogP contribution in [-0.4, -0.2) is 56.5 Å². The van der Waals surface area contributed by atoms with Gasteiger partial charge in [-0.15, -0.1) is 24.8 Å². The molecule has 0 heterocycles. The van der Waals surface area contributed by atoms with Crippen LogP contribution < -0.4 is 10.6 Å². The van der Waals surface area contributed by atoms with Gasteiger partial charge in [-0.3, -0.25) is 9.09 Å². The van der Waals surface area contributed by atoms with E-state index in [1.54, 1.807) is 0 Å². The van der Waals surface area contributed by atoms with Gasteiger partial charge in [0.05, 0.1) is 27.7 Å². The predicted molar refractivity (Wildman–Crippen MR) is 71.7 cm³/mol. The first-order valence-corrected chi connectivity index (χ1v) is 6.48. The lowest BCUT2D eigenvalue weighted by atomic mass is 10.4. The molecular weight excluding hydrogens is 306 g/mol. The number of halogens is 2. The topological polar surface area (TPSA) is 105 Å². The minimum absolute atomic E-state index is 0. The highest BCUT2D eigenvalue weighted by Crippen LogP contribution is 2.33. The van der Waals surface area contributed by atoms with Crippen molar-refractivity contribution in [2.24, 2.45) is 5.73 Å². The number of hydrogen-bond donors (Lipinski definition) is 2. The molecule has 0 radical (unpaired) electrons. The van der Waals surface area contributed by atoms with E-state index in [2.05, 4.69) is 4.52 Å². The van der Waals surface area contributed by atoms with Crippen molar-refractivity contribution in [3.8, 4) is 0 Å². The molecule has 2 unspecified atom stereocenters. The van der Waals surface area contributed by atoms with Crippen LogP contribution in [0, 0.1) is 0 Å². The number of hydrogen-bond acceptors (Lipinski definition) is 5. The molecule has 0 bridgehead atoms. The van der Waals surface area contributed by atoms with Crippen LogP contribution >= 0.6 is 32.6 Å². The van der Waals surface area contributed by atoms with Gasteiger partial charge >= 0.3 is 0 Å². The maximum atomic E-state index is 10.6. The van der Waals surface area contributed by atoms with Crippen molar-refractivity contribution in [3.63, 3.8) is 0 Å². The molecule has 0 aliphatic rings. The molecule has 0 fully saturated rings. The predicted octanol–water partition coefficient (Wildman–Crippen LogP) is -0.295. The summed E-state index contributed by atoms with van der Waals surface area (Å²) in [5, 5.41) is 0. The molecule has 3 N–H and O–H groups in total. The van der Waals surface area contributed by atoms with Crippen molar-refractivity contribution in [2.75, 3.05) is 40.8 Å². The largest absolute Gasteiger partial charge is 0.756 e. The van der Waals surface area contributed by atoms with Crippen molar-refractivity contribution in [3.05, 3.63) is 0 Å². The summed E-state index contributed by atoms with van der Waals surface area (Å²) in [4.78, 5) is 19.2. The molecule has 0 saturated heterocycles. The van der Waals surface area contributed by atoms with Crippen molar-refractivity contribution in [1.29, 1.82) is 0 Å². The minimum atomic E-state index is -4.77. The highest BCUT2D eigenvalue weighted by Gasteiger charge is 2.22. The van der Waals surface area contributed by atoms with Crippen LogP contribution in [0.5, 0.6) is 0 Å². The number of rotatable bonds is 8. The Morgan fingerprint density at radius 1 is 1.39 bits per heavy atom. The van der Waals surface area contributed by atoms with Gasteiger partial charge in [-0.25, -0.2) is 0 Å². The zero-order chi connectivity index (χ0) is 12.8. The van der Waals surface area contributed by atoms with Crippen LogP contribution in [0.4, 0.5) is 0 Å². The summed E-state index contributed by atoms with van der Waals surface area (Å²) >= 11 is 0. The molecule has 18 heavy (non-hydrogen) atoms. The number of ether oxygens (including phenoxy) is 1. The smallest absolute Gasteiger partial charge is 0.267 e. The average molecular weight is 329 g/mol. The van der Waals surface area contributed by atoms with E-state index in [-0.39, 0.29) is 24.8 Å². The van der Waals surface area contributed by atoms with Gasteiger partial charge in [0.1, 0.15) is 6.54 Å². The first-order valence-electron chi connectivity index (χ1n) is 4.98. The monoisotopic (exact) mass is 328 g/mol. The number of phosphoric acid groups is 1. The Balaban J connectivity index is -0.00000112. The van der Waals surface area contributed by atoms with E-state index in [1.165, 1.54) is 0 Å². The Labute approximate surface area is 120 Å². The lowest BCUT2D eigenvalue weighted by molar-refractivity contribution is -0.876. The second-order valence-corrected chi connectivity index (χ2v) is 5.64. The van der Waals surface area contributed by atoms with E-state index < -0.39 is 14.1 Å². The first kappa shape index (κ1) is 23.6. The van der Waals surface area contributed by atoms with Gasteiger partial charge in [-0.05, 0) is 13.0 Å². The van der Waals surface area contributed by atoms with E-state index in [0.29, 0.717) is 30.6 Å². The van der Waals surface area contributed by atoms with Crippen molar-refractivity contribution < 1.29 is 28.1 Å². The molecule has 0 amide bonds. The standard InChI is InChI=1S/C8H21N2O5P.2ClH/c1-10(2,3)7-8(14-6-4-5-9)15-16(11,12)13;;/h8H,4-7,9H2,1-3H3,(H-,11,12,13);2*1H. The summed E-state index contributed by atoms with van der Waals surface area (Å²) in [6.45, 7) is 1.05. The molecule has 0 aliphatic carbocycles. The molecule has 7 nitrogen and oxygen atoms in total. The summed E-state index contributed by atoms with van der Waals surface area (Å²) in [6.07, 6.45) is -0.383. The molecule has 0 aromatic carbocycles. The maximum Gasteiger partial charge on any atom is 0.267 e. The minimum Gasteiger partial charge on any atom is -0.756 e. The van der Waals surface area contributed by atoms with Gasteiger partial charge in [0.2, 0.25) is 6.29 Å². The summed E-state index contributed by atoms with van der Waals surface area (Å²) in [5.74, 6) is 0. The van der Waals surface area contributed by atoms with Gasteiger partial charge in [0.25, 0.3) is 7.82 Å². The van der Waals surface area contributed by atoms with Crippen molar-refractivity contribution in [2.45, 2.75) is 12.7 Å². The molecule has 0 rings (SSSR count). The van der Waals surface area contributed by atoms with Crippen LogP contribution in [0.25, 0.3) is 0 Å². The zero-order valence-corrected chi connectivity index (χ0v) is 13.3. The quantitative estimate of drug-likeness (QED) is 0.274. The fourth-order valence-corrected chi connectivity index (χ4v) is 1.44. The van der Waals surface area contributed by atoms with E-state index >= 15 is 0 Å². The molecule has 0 aromatic rings. The highest BCUT2D eigenvalue weighted by atomic mass is 35.5. The fourth-order valence-electron chi connectivity index (χ4n) is 1.01. The summed E-state index contributed by atoms with van der Waals surface area (Å²) in [6, 6.07) is 0. The van der Waals surface area contributed by atoms with E-state index in [4.69, 9.17) is 15.4 Å². The van der Waals surface area contributed by atoms with Gasteiger partial charge in [-0.1, -0.05) is 0 Å². The Kier molecular flexibility index (Phi) is 13.6. The van der Waals surface area contributed by atoms with Gasteiger partial charge in [-0.2, -0.15) is 0 Å². The average Bonchev–Trinajstić information content (AvgIpc) is 1.97. The number of nitrogens with two attached hydrogens (primary N) is 1. The molecule has 0 spiro atoms. The lowest BCUT2D eigenvalue weighted by Crippen LogP contribution is -2.43. The van der Waals surface area contributed by atoms with E-state index in [9.17, 15) is 9.46 Å². The van der Waals surface area contributed by atoms with Gasteiger partial charge < -0.3 is 24.7 Å². The summed E-state index contributed by atoms with van der Waals surface area (Å²) in [5.41, 5.74) is 5.28. The van der Waals surface area contributed by atoms with Crippen molar-refractivity contribution in [1.82, 2.24) is 0 Å². The number of phosphoric ester groups is 1. The van der Waals surface area contributed by atoms with Crippen molar-refractivity contribution >= 4 is 32.6 Å². The Bertz CT molecular complexity index is 246. The van der Waals surface area contributed by atoms with Crippen LogP contribution in [0.1, 0.15) is 6.42 Å². The maximum absolute atomic E-state index is 10.6. The second kappa shape index (κ2) is 10.4. The third-order valence-corrected chi connectivity index (χ3v) is 2.10. The summed E-state index contributed by atoms with van der Waals surface area (Å²) < 4.78 is 20.7. The molecule has 0 saturated carbocycles. The third kappa shape index (κ3) is 16.6. The van der Waals surface area contributed by atoms with E-state index in [0.717, 1.165) is 0 Å². The fraction of sp³-hybridized carbons (Fsp3) is 1.00. The first-order chi connectivity index (χ1) is 7.14. The Hall–Kier alpha value is 0.570. The zero-order valence-electron chi connectivity index (χ0n) is 10.8. The molecular formula is C8H23Cl2N2O5P. The SMILES string of the molecule is C[N+](C)(C)CC(OCCCN)OP(=O)([O-])O.Cl.Cl. The van der Waals surface area contributed by atoms with Crippen LogP contribution in [-0.2, 0) is 13.8 Å². The van der Waals surface area contributed by atoms with Crippen LogP contribution in [0.2, 0.25) is 0 Å². The number of likely N-dealkylation sites (N-methyl/N-ethyl adjacent to an activating group) is 1. The Morgan fingerprint density at radius 3 is 2.22 bits per heavy atom.